The zero-order valence-corrected chi connectivity index (χ0v) is 12.6. The zero-order chi connectivity index (χ0) is 15.6. The maximum Gasteiger partial charge on any atom is 0.336 e. The van der Waals surface area contributed by atoms with E-state index in [0.29, 0.717) is 0 Å². The first kappa shape index (κ1) is 15.4. The molecule has 112 valence electrons. The number of aromatic hydroxyl groups is 1. The number of phenolic OH excluding ortho intramolecular Hbond substituents is 1. The van der Waals surface area contributed by atoms with Crippen molar-refractivity contribution in [2.24, 2.45) is 0 Å². The maximum absolute atomic E-state index is 12.1. The van der Waals surface area contributed by atoms with E-state index in [-0.39, 0.29) is 11.8 Å². The predicted molar refractivity (Wildman–Crippen MR) is 80.8 cm³/mol. The third-order valence-corrected chi connectivity index (χ3v) is 3.38. The molecule has 4 heteroatoms. The summed E-state index contributed by atoms with van der Waals surface area (Å²) in [6.45, 7) is 5.42. The highest BCUT2D eigenvalue weighted by Gasteiger charge is 2.29. The lowest BCUT2D eigenvalue weighted by Crippen LogP contribution is -2.41. The van der Waals surface area contributed by atoms with Gasteiger partial charge in [0.25, 0.3) is 0 Å². The van der Waals surface area contributed by atoms with E-state index < -0.39 is 17.6 Å². The van der Waals surface area contributed by atoms with Crippen LogP contribution in [0.2, 0.25) is 0 Å². The number of rotatable bonds is 3. The van der Waals surface area contributed by atoms with Crippen molar-refractivity contribution in [2.45, 2.75) is 51.3 Å². The van der Waals surface area contributed by atoms with E-state index in [1.165, 1.54) is 5.56 Å². The van der Waals surface area contributed by atoms with Crippen LogP contribution in [0, 0.1) is 12.3 Å². The van der Waals surface area contributed by atoms with Gasteiger partial charge in [0.2, 0.25) is 0 Å². The van der Waals surface area contributed by atoms with E-state index in [0.717, 1.165) is 18.4 Å². The van der Waals surface area contributed by atoms with Gasteiger partial charge in [-0.3, -0.25) is 5.32 Å². The Morgan fingerprint density at radius 3 is 2.86 bits per heavy atom. The summed E-state index contributed by atoms with van der Waals surface area (Å²) in [5.41, 5.74) is 1.60. The number of esters is 1. The first-order valence-corrected chi connectivity index (χ1v) is 7.07. The van der Waals surface area contributed by atoms with Gasteiger partial charge in [0.1, 0.15) is 11.4 Å². The summed E-state index contributed by atoms with van der Waals surface area (Å²) in [4.78, 5) is 12.1. The summed E-state index contributed by atoms with van der Waals surface area (Å²) < 4.78 is 5.32. The fourth-order valence-corrected chi connectivity index (χ4v) is 2.51. The summed E-state index contributed by atoms with van der Waals surface area (Å²) in [6.07, 6.45) is 7.21. The number of benzene rings is 1. The third kappa shape index (κ3) is 3.77. The Morgan fingerprint density at radius 2 is 2.24 bits per heavy atom. The number of carbonyl (C=O) groups is 1. The highest BCUT2D eigenvalue weighted by atomic mass is 16.6. The van der Waals surface area contributed by atoms with E-state index in [4.69, 9.17) is 11.2 Å². The molecule has 0 bridgehead atoms. The molecule has 2 rings (SSSR count). The SMILES string of the molecule is C#C[C@H](NC1CCc2ccc(O)cc21)C(=O)OC(C)(C)C. The second-order valence-electron chi connectivity index (χ2n) is 6.27. The van der Waals surface area contributed by atoms with Crippen LogP contribution in [0.4, 0.5) is 0 Å². The van der Waals surface area contributed by atoms with Gasteiger partial charge in [0.05, 0.1) is 0 Å². The molecule has 1 unspecified atom stereocenters. The normalized spacial score (nSPS) is 18.7. The molecule has 0 aromatic heterocycles. The maximum atomic E-state index is 12.1. The molecular weight excluding hydrogens is 266 g/mol. The molecule has 21 heavy (non-hydrogen) atoms. The van der Waals surface area contributed by atoms with Crippen molar-refractivity contribution in [3.63, 3.8) is 0 Å². The van der Waals surface area contributed by atoms with E-state index in [9.17, 15) is 9.90 Å². The Morgan fingerprint density at radius 1 is 1.52 bits per heavy atom. The standard InChI is InChI=1S/C17H21NO3/c1-5-14(16(20)21-17(2,3)4)18-15-9-7-11-6-8-12(19)10-13(11)15/h1,6,8,10,14-15,18-19H,7,9H2,2-4H3/t14-,15?/m0/s1. The highest BCUT2D eigenvalue weighted by Crippen LogP contribution is 2.33. The van der Waals surface area contributed by atoms with Crippen LogP contribution in [0.5, 0.6) is 5.75 Å². The lowest BCUT2D eigenvalue weighted by Gasteiger charge is -2.24. The third-order valence-electron chi connectivity index (χ3n) is 3.38. The summed E-state index contributed by atoms with van der Waals surface area (Å²) in [5, 5.41) is 12.8. The molecule has 1 aromatic rings. The zero-order valence-electron chi connectivity index (χ0n) is 12.6. The van der Waals surface area contributed by atoms with Crippen LogP contribution in [-0.2, 0) is 16.0 Å². The Balaban J connectivity index is 2.10. The molecule has 2 atom stereocenters. The van der Waals surface area contributed by atoms with Gasteiger partial charge in [-0.05, 0) is 56.9 Å². The van der Waals surface area contributed by atoms with E-state index in [2.05, 4.69) is 11.2 Å². The summed E-state index contributed by atoms with van der Waals surface area (Å²) in [6, 6.07) is 4.48. The Labute approximate surface area is 125 Å². The molecule has 0 saturated heterocycles. The van der Waals surface area contributed by atoms with Crippen LogP contribution in [0.15, 0.2) is 18.2 Å². The van der Waals surface area contributed by atoms with Crippen LogP contribution >= 0.6 is 0 Å². The van der Waals surface area contributed by atoms with Gasteiger partial charge < -0.3 is 9.84 Å². The molecule has 4 nitrogen and oxygen atoms in total. The molecule has 1 aliphatic carbocycles. The van der Waals surface area contributed by atoms with Crippen LogP contribution < -0.4 is 5.32 Å². The summed E-state index contributed by atoms with van der Waals surface area (Å²) in [5.74, 6) is 2.22. The number of carbonyl (C=O) groups excluding carboxylic acids is 1. The number of aryl methyl sites for hydroxylation is 1. The molecule has 1 aromatic carbocycles. The molecule has 0 fully saturated rings. The van der Waals surface area contributed by atoms with Crippen LogP contribution in [0.1, 0.15) is 44.4 Å². The van der Waals surface area contributed by atoms with Crippen LogP contribution in [-0.4, -0.2) is 22.7 Å². The second kappa shape index (κ2) is 5.79. The van der Waals surface area contributed by atoms with Crippen molar-refractivity contribution >= 4 is 5.97 Å². The monoisotopic (exact) mass is 287 g/mol. The quantitative estimate of drug-likeness (QED) is 0.661. The first-order valence-electron chi connectivity index (χ1n) is 7.07. The van der Waals surface area contributed by atoms with Crippen LogP contribution in [0.3, 0.4) is 0 Å². The number of nitrogens with one attached hydrogen (secondary N) is 1. The first-order chi connectivity index (χ1) is 9.80. The molecule has 0 spiro atoms. The number of ether oxygens (including phenoxy) is 1. The fourth-order valence-electron chi connectivity index (χ4n) is 2.51. The molecule has 0 amide bonds. The number of terminal acetylenes is 1. The molecule has 2 N–H and O–H groups in total. The van der Waals surface area contributed by atoms with Gasteiger partial charge in [-0.2, -0.15) is 0 Å². The van der Waals surface area contributed by atoms with Gasteiger partial charge in [-0.1, -0.05) is 12.0 Å². The van der Waals surface area contributed by atoms with Gasteiger partial charge in [0, 0.05) is 6.04 Å². The number of phenols is 1. The van der Waals surface area contributed by atoms with Crippen molar-refractivity contribution < 1.29 is 14.6 Å². The Bertz CT molecular complexity index is 581. The largest absolute Gasteiger partial charge is 0.508 e. The second-order valence-corrected chi connectivity index (χ2v) is 6.27. The Kier molecular flexibility index (Phi) is 4.24. The highest BCUT2D eigenvalue weighted by molar-refractivity contribution is 5.79. The molecule has 0 radical (unpaired) electrons. The average molecular weight is 287 g/mol. The fraction of sp³-hybridized carbons (Fsp3) is 0.471. The Hall–Kier alpha value is -1.99. The van der Waals surface area contributed by atoms with Crippen molar-refractivity contribution in [1.29, 1.82) is 0 Å². The number of hydrogen-bond acceptors (Lipinski definition) is 4. The lowest BCUT2D eigenvalue weighted by molar-refractivity contribution is -0.156. The number of hydrogen-bond donors (Lipinski definition) is 2. The summed E-state index contributed by atoms with van der Waals surface area (Å²) >= 11 is 0. The average Bonchev–Trinajstić information content (AvgIpc) is 2.76. The molecular formula is C17H21NO3. The molecule has 0 heterocycles. The minimum Gasteiger partial charge on any atom is -0.508 e. The van der Waals surface area contributed by atoms with Crippen molar-refractivity contribution in [3.05, 3.63) is 29.3 Å². The molecule has 1 aliphatic rings. The van der Waals surface area contributed by atoms with E-state index in [1.807, 2.05) is 6.07 Å². The van der Waals surface area contributed by atoms with Crippen molar-refractivity contribution in [3.8, 4) is 18.1 Å². The van der Waals surface area contributed by atoms with Gasteiger partial charge >= 0.3 is 5.97 Å². The van der Waals surface area contributed by atoms with Gasteiger partial charge in [-0.25, -0.2) is 4.79 Å². The smallest absolute Gasteiger partial charge is 0.336 e. The lowest BCUT2D eigenvalue weighted by atomic mass is 10.1. The predicted octanol–water partition coefficient (Wildman–Crippen LogP) is 2.31. The van der Waals surface area contributed by atoms with Gasteiger partial charge in [-0.15, -0.1) is 6.42 Å². The van der Waals surface area contributed by atoms with Crippen molar-refractivity contribution in [1.82, 2.24) is 5.32 Å². The minimum atomic E-state index is -0.789. The van der Waals surface area contributed by atoms with E-state index >= 15 is 0 Å². The molecule has 0 aliphatic heterocycles. The van der Waals surface area contributed by atoms with Gasteiger partial charge in [0.15, 0.2) is 6.04 Å². The van der Waals surface area contributed by atoms with Crippen molar-refractivity contribution in [2.75, 3.05) is 0 Å². The summed E-state index contributed by atoms with van der Waals surface area (Å²) in [7, 11) is 0. The minimum absolute atomic E-state index is 0.0410. The topological polar surface area (TPSA) is 58.6 Å². The van der Waals surface area contributed by atoms with E-state index in [1.54, 1.807) is 32.9 Å². The molecule has 0 saturated carbocycles. The van der Waals surface area contributed by atoms with Crippen LogP contribution in [0.25, 0.3) is 0 Å². The number of fused-ring (bicyclic) bond motifs is 1.